The molecule has 2 heterocycles. The molecule has 7 nitrogen and oxygen atoms in total. The van der Waals surface area contributed by atoms with E-state index in [1.165, 1.54) is 34.9 Å². The summed E-state index contributed by atoms with van der Waals surface area (Å²) in [5, 5.41) is 0. The van der Waals surface area contributed by atoms with Crippen molar-refractivity contribution in [1.82, 2.24) is 19.1 Å². The molecule has 156 valence electrons. The number of hydrogen-bond donors (Lipinski definition) is 0. The summed E-state index contributed by atoms with van der Waals surface area (Å²) in [4.78, 5) is 20.4. The first kappa shape index (κ1) is 21.4. The molecule has 0 spiro atoms. The summed E-state index contributed by atoms with van der Waals surface area (Å²) in [6, 6.07) is 9.36. The van der Waals surface area contributed by atoms with E-state index in [1.54, 1.807) is 23.1 Å². The topological polar surface area (TPSA) is 73.8 Å². The fraction of sp³-hybridized carbons (Fsp3) is 0.400. The molecule has 29 heavy (non-hydrogen) atoms. The zero-order valence-corrected chi connectivity index (χ0v) is 17.2. The lowest BCUT2D eigenvalue weighted by atomic mass is 10.2. The van der Waals surface area contributed by atoms with E-state index in [1.807, 2.05) is 11.8 Å². The predicted octanol–water partition coefficient (Wildman–Crippen LogP) is 1.58. The number of amides is 1. The molecule has 0 saturated carbocycles. The van der Waals surface area contributed by atoms with Crippen LogP contribution in [0, 0.1) is 5.82 Å². The third-order valence-corrected chi connectivity index (χ3v) is 6.84. The minimum atomic E-state index is -3.57. The quantitative estimate of drug-likeness (QED) is 0.680. The van der Waals surface area contributed by atoms with Crippen molar-refractivity contribution < 1.29 is 17.6 Å². The molecule has 1 fully saturated rings. The summed E-state index contributed by atoms with van der Waals surface area (Å²) < 4.78 is 40.1. The van der Waals surface area contributed by atoms with E-state index in [9.17, 15) is 17.6 Å². The molecule has 1 aromatic heterocycles. The molecule has 0 radical (unpaired) electrons. The maximum absolute atomic E-state index is 13.4. The van der Waals surface area contributed by atoms with Crippen molar-refractivity contribution in [3.05, 3.63) is 60.2 Å². The van der Waals surface area contributed by atoms with Crippen LogP contribution in [-0.4, -0.2) is 72.7 Å². The van der Waals surface area contributed by atoms with Crippen LogP contribution in [0.2, 0.25) is 0 Å². The average Bonchev–Trinajstić information content (AvgIpc) is 2.73. The van der Waals surface area contributed by atoms with Gasteiger partial charge >= 0.3 is 0 Å². The van der Waals surface area contributed by atoms with Gasteiger partial charge in [-0.05, 0) is 36.8 Å². The summed E-state index contributed by atoms with van der Waals surface area (Å²) in [6.07, 6.45) is 2.88. The minimum absolute atomic E-state index is 0.0553. The van der Waals surface area contributed by atoms with Crippen LogP contribution in [0.15, 0.2) is 53.7 Å². The number of sulfonamides is 1. The Morgan fingerprint density at radius 3 is 2.55 bits per heavy atom. The molecule has 1 aliphatic heterocycles. The Balaban J connectivity index is 1.55. The number of halogens is 1. The Morgan fingerprint density at radius 1 is 1.17 bits per heavy atom. The van der Waals surface area contributed by atoms with Gasteiger partial charge in [0.15, 0.2) is 0 Å². The standard InChI is InChI=1S/C20H25FN4O3S/c1-2-24(15-17-5-3-6-18(21)13-17)20(26)16-23-9-11-25(12-10-23)29(27,28)19-7-4-8-22-14-19/h3-8,13-14H,2,9-12,15-16H2,1H3. The molecule has 2 aromatic rings. The van der Waals surface area contributed by atoms with Gasteiger partial charge in [-0.25, -0.2) is 12.8 Å². The second-order valence-corrected chi connectivity index (χ2v) is 8.84. The normalized spacial score (nSPS) is 15.9. The van der Waals surface area contributed by atoms with Crippen LogP contribution < -0.4 is 0 Å². The van der Waals surface area contributed by atoms with Gasteiger partial charge in [0, 0.05) is 51.7 Å². The van der Waals surface area contributed by atoms with Crippen LogP contribution in [0.3, 0.4) is 0 Å². The van der Waals surface area contributed by atoms with Crippen LogP contribution in [0.25, 0.3) is 0 Å². The molecule has 0 N–H and O–H groups in total. The maximum atomic E-state index is 13.4. The number of carbonyl (C=O) groups excluding carboxylic acids is 1. The molecule has 9 heteroatoms. The molecular weight excluding hydrogens is 395 g/mol. The number of nitrogens with zero attached hydrogens (tertiary/aromatic N) is 4. The van der Waals surface area contributed by atoms with Crippen molar-refractivity contribution in [2.24, 2.45) is 0 Å². The fourth-order valence-corrected chi connectivity index (χ4v) is 4.69. The molecule has 0 aliphatic carbocycles. The van der Waals surface area contributed by atoms with E-state index in [-0.39, 0.29) is 23.2 Å². The van der Waals surface area contributed by atoms with Crippen LogP contribution in [0.4, 0.5) is 4.39 Å². The summed E-state index contributed by atoms with van der Waals surface area (Å²) in [7, 11) is -3.57. The number of hydrogen-bond acceptors (Lipinski definition) is 5. The third-order valence-electron chi connectivity index (χ3n) is 4.96. The van der Waals surface area contributed by atoms with Gasteiger partial charge in [-0.3, -0.25) is 14.7 Å². The van der Waals surface area contributed by atoms with E-state index in [4.69, 9.17) is 0 Å². The molecule has 0 atom stereocenters. The van der Waals surface area contributed by atoms with Crippen molar-refractivity contribution in [2.75, 3.05) is 39.3 Å². The Morgan fingerprint density at radius 2 is 1.93 bits per heavy atom. The van der Waals surface area contributed by atoms with Gasteiger partial charge in [-0.1, -0.05) is 12.1 Å². The lowest BCUT2D eigenvalue weighted by Gasteiger charge is -2.34. The van der Waals surface area contributed by atoms with Gasteiger partial charge in [0.1, 0.15) is 10.7 Å². The number of benzene rings is 1. The van der Waals surface area contributed by atoms with Gasteiger partial charge in [0.2, 0.25) is 15.9 Å². The van der Waals surface area contributed by atoms with Crippen LogP contribution in [-0.2, 0) is 21.4 Å². The van der Waals surface area contributed by atoms with Crippen molar-refractivity contribution >= 4 is 15.9 Å². The van der Waals surface area contributed by atoms with E-state index in [0.717, 1.165) is 5.56 Å². The monoisotopic (exact) mass is 420 g/mol. The maximum Gasteiger partial charge on any atom is 0.244 e. The van der Waals surface area contributed by atoms with E-state index in [2.05, 4.69) is 4.98 Å². The highest BCUT2D eigenvalue weighted by Crippen LogP contribution is 2.16. The first-order valence-electron chi connectivity index (χ1n) is 9.55. The number of piperazine rings is 1. The highest BCUT2D eigenvalue weighted by Gasteiger charge is 2.29. The number of carbonyl (C=O) groups is 1. The predicted molar refractivity (Wildman–Crippen MR) is 107 cm³/mol. The molecule has 1 amide bonds. The summed E-state index contributed by atoms with van der Waals surface area (Å²) >= 11 is 0. The van der Waals surface area contributed by atoms with E-state index < -0.39 is 10.0 Å². The highest BCUT2D eigenvalue weighted by atomic mass is 32.2. The molecule has 3 rings (SSSR count). The Bertz CT molecular complexity index is 932. The first-order valence-corrected chi connectivity index (χ1v) is 11.0. The molecule has 0 unspecified atom stereocenters. The SMILES string of the molecule is CCN(Cc1cccc(F)c1)C(=O)CN1CCN(S(=O)(=O)c2cccnc2)CC1. The Labute approximate surface area is 170 Å². The van der Waals surface area contributed by atoms with Crippen LogP contribution >= 0.6 is 0 Å². The molecule has 1 aliphatic rings. The van der Waals surface area contributed by atoms with Gasteiger partial charge in [0.25, 0.3) is 0 Å². The second-order valence-electron chi connectivity index (χ2n) is 6.91. The second kappa shape index (κ2) is 9.43. The van der Waals surface area contributed by atoms with Crippen molar-refractivity contribution in [1.29, 1.82) is 0 Å². The molecule has 1 aromatic carbocycles. The fourth-order valence-electron chi connectivity index (χ4n) is 3.30. The molecular formula is C20H25FN4O3S. The summed E-state index contributed by atoms with van der Waals surface area (Å²) in [5.41, 5.74) is 0.743. The number of pyridine rings is 1. The Hall–Kier alpha value is -2.36. The summed E-state index contributed by atoms with van der Waals surface area (Å²) in [6.45, 7) is 4.55. The smallest absolute Gasteiger partial charge is 0.244 e. The molecule has 1 saturated heterocycles. The average molecular weight is 421 g/mol. The largest absolute Gasteiger partial charge is 0.338 e. The number of aromatic nitrogens is 1. The lowest BCUT2D eigenvalue weighted by Crippen LogP contribution is -2.51. The number of rotatable bonds is 7. The zero-order chi connectivity index (χ0) is 20.9. The van der Waals surface area contributed by atoms with E-state index in [0.29, 0.717) is 39.3 Å². The van der Waals surface area contributed by atoms with Gasteiger partial charge in [-0.15, -0.1) is 0 Å². The van der Waals surface area contributed by atoms with Crippen LogP contribution in [0.1, 0.15) is 12.5 Å². The lowest BCUT2D eigenvalue weighted by molar-refractivity contribution is -0.133. The van der Waals surface area contributed by atoms with Crippen molar-refractivity contribution in [2.45, 2.75) is 18.4 Å². The van der Waals surface area contributed by atoms with Crippen LogP contribution in [0.5, 0.6) is 0 Å². The van der Waals surface area contributed by atoms with E-state index >= 15 is 0 Å². The summed E-state index contributed by atoms with van der Waals surface area (Å²) in [5.74, 6) is -0.378. The van der Waals surface area contributed by atoms with Crippen molar-refractivity contribution in [3.63, 3.8) is 0 Å². The van der Waals surface area contributed by atoms with Crippen molar-refractivity contribution in [3.8, 4) is 0 Å². The zero-order valence-electron chi connectivity index (χ0n) is 16.4. The Kier molecular flexibility index (Phi) is 6.94. The number of likely N-dealkylation sites (N-methyl/N-ethyl adjacent to an activating group) is 1. The van der Waals surface area contributed by atoms with Gasteiger partial charge < -0.3 is 4.90 Å². The first-order chi connectivity index (χ1) is 13.9. The van der Waals surface area contributed by atoms with Gasteiger partial charge in [-0.2, -0.15) is 4.31 Å². The minimum Gasteiger partial charge on any atom is -0.338 e. The molecule has 0 bridgehead atoms. The van der Waals surface area contributed by atoms with Gasteiger partial charge in [0.05, 0.1) is 6.54 Å². The third kappa shape index (κ3) is 5.37. The highest BCUT2D eigenvalue weighted by molar-refractivity contribution is 7.89.